The molecule has 2 aromatic rings. The molecule has 1 aromatic heterocycles. The number of alkyl halides is 1. The molecule has 2 rings (SSSR count). The highest BCUT2D eigenvalue weighted by molar-refractivity contribution is 6.17. The van der Waals surface area contributed by atoms with Gasteiger partial charge >= 0.3 is 12.1 Å². The molecule has 1 aromatic carbocycles. The molecule has 72 heavy (non-hydrogen) atoms. The van der Waals surface area contributed by atoms with Crippen LogP contribution in [0.25, 0.3) is 10.9 Å². The van der Waals surface area contributed by atoms with Gasteiger partial charge in [0, 0.05) is 29.9 Å². The predicted octanol–water partition coefficient (Wildman–Crippen LogP) is 0.927. The van der Waals surface area contributed by atoms with Gasteiger partial charge in [-0.15, -0.1) is 0 Å². The summed E-state index contributed by atoms with van der Waals surface area (Å²) in [5.74, 6) is -7.91. The number of nitrogens with one attached hydrogen (secondary N) is 9. The highest BCUT2D eigenvalue weighted by Crippen LogP contribution is 2.20. The number of nitrogens with two attached hydrogens (primary N) is 1. The fourth-order valence-electron chi connectivity index (χ4n) is 7.16. The molecule has 0 saturated carbocycles. The Morgan fingerprint density at radius 3 is 1.92 bits per heavy atom. The fraction of sp³-hybridized carbons (Fsp3) is 0.625. The number of primary amides is 1. The van der Waals surface area contributed by atoms with Crippen molar-refractivity contribution in [3.63, 3.8) is 0 Å². The van der Waals surface area contributed by atoms with Crippen LogP contribution >= 0.6 is 11.6 Å². The van der Waals surface area contributed by atoms with Gasteiger partial charge in [0.1, 0.15) is 47.9 Å². The number of para-hydroxylation sites is 1. The Kier molecular flexibility index (Phi) is 25.5. The highest BCUT2D eigenvalue weighted by atomic mass is 35.5. The lowest BCUT2D eigenvalue weighted by molar-refractivity contribution is -0.146. The van der Waals surface area contributed by atoms with Crippen molar-refractivity contribution >= 4 is 81.8 Å². The maximum atomic E-state index is 14.1. The second-order valence-electron chi connectivity index (χ2n) is 19.3. The number of rotatable bonds is 29. The first-order chi connectivity index (χ1) is 33.7. The largest absolute Gasteiger partial charge is 0.448 e. The Labute approximate surface area is 425 Å². The molecule has 0 spiro atoms. The normalized spacial score (nSPS) is 14.8. The summed E-state index contributed by atoms with van der Waals surface area (Å²) < 4.78 is 10.1. The van der Waals surface area contributed by atoms with E-state index in [0.29, 0.717) is 22.9 Å². The summed E-state index contributed by atoms with van der Waals surface area (Å²) in [5.41, 5.74) is 5.73. The van der Waals surface area contributed by atoms with Crippen LogP contribution in [0, 0.1) is 11.8 Å². The number of aromatic nitrogens is 1. The number of aliphatic hydroxyl groups excluding tert-OH is 1. The van der Waals surface area contributed by atoms with Crippen LogP contribution < -0.4 is 48.3 Å². The molecule has 0 unspecified atom stereocenters. The van der Waals surface area contributed by atoms with Crippen molar-refractivity contribution in [1.29, 1.82) is 0 Å². The molecule has 0 bridgehead atoms. The maximum absolute atomic E-state index is 14.1. The van der Waals surface area contributed by atoms with Crippen LogP contribution in [0.5, 0.6) is 0 Å². The van der Waals surface area contributed by atoms with Crippen molar-refractivity contribution in [1.82, 2.24) is 47.5 Å². The van der Waals surface area contributed by atoms with Crippen LogP contribution in [0.4, 0.5) is 4.79 Å². The summed E-state index contributed by atoms with van der Waals surface area (Å²) in [4.78, 5) is 135. The fourth-order valence-corrected chi connectivity index (χ4v) is 7.27. The van der Waals surface area contributed by atoms with Crippen molar-refractivity contribution in [2.45, 2.75) is 168 Å². The zero-order valence-corrected chi connectivity index (χ0v) is 43.6. The van der Waals surface area contributed by atoms with E-state index in [0.717, 1.165) is 6.42 Å². The van der Waals surface area contributed by atoms with Crippen LogP contribution in [0.3, 0.4) is 0 Å². The van der Waals surface area contributed by atoms with Crippen molar-refractivity contribution in [2.75, 3.05) is 12.6 Å². The SMILES string of the molecule is CCCC[C@H](NC(=O)[C@H](CC(C)C)NC(=O)CNC(=O)[C@@H](NC(=O)[C@H](C)NC(=O)[C@H](Cc1c[nH]c2ccccc12)NC(=O)[C@H](CCC(N)=O)NC(=O)[C@@H](NC(=O)OC(C)(C)C)[C@@H](C)O)C(C)C)C(=O)OCCl. The number of esters is 1. The van der Waals surface area contributed by atoms with Crippen molar-refractivity contribution in [2.24, 2.45) is 17.6 Å². The van der Waals surface area contributed by atoms with Crippen molar-refractivity contribution in [3.05, 3.63) is 36.0 Å². The lowest BCUT2D eigenvalue weighted by Crippen LogP contribution is -2.60. The molecular formula is C48H75ClN10O13. The summed E-state index contributed by atoms with van der Waals surface area (Å²) >= 11 is 5.57. The number of amides is 9. The van der Waals surface area contributed by atoms with Crippen LogP contribution in [0.15, 0.2) is 30.5 Å². The number of alkyl carbamates (subject to hydrolysis) is 1. The van der Waals surface area contributed by atoms with Crippen molar-refractivity contribution < 1.29 is 62.5 Å². The molecule has 0 saturated heterocycles. The summed E-state index contributed by atoms with van der Waals surface area (Å²) in [5, 5.41) is 31.3. The van der Waals surface area contributed by atoms with E-state index in [9.17, 15) is 53.1 Å². The van der Waals surface area contributed by atoms with Gasteiger partial charge in [-0.3, -0.25) is 38.4 Å². The number of benzene rings is 1. The molecule has 0 aliphatic heterocycles. The predicted molar refractivity (Wildman–Crippen MR) is 266 cm³/mol. The lowest BCUT2D eigenvalue weighted by Gasteiger charge is -2.28. The van der Waals surface area contributed by atoms with Gasteiger partial charge < -0.3 is 67.8 Å². The van der Waals surface area contributed by atoms with E-state index in [4.69, 9.17) is 26.8 Å². The molecule has 402 valence electrons. The molecule has 0 aliphatic rings. The van der Waals surface area contributed by atoms with E-state index in [1.165, 1.54) is 13.8 Å². The molecule has 0 aliphatic carbocycles. The first kappa shape index (κ1) is 61.6. The summed E-state index contributed by atoms with van der Waals surface area (Å²) in [7, 11) is 0. The Balaban J connectivity index is 2.29. The molecule has 9 amide bonds. The standard InChI is InChI=1S/C48H75ClN10O13/c1-11-12-16-33(46(69)71-24-49)56-43(66)34(20-25(2)3)54-37(62)23-52-44(67)38(26(4)5)58-40(63)27(6)53-42(65)35(21-29-22-51-31-17-14-13-15-30(29)31)57-41(64)32(18-19-36(50)61)55-45(68)39(28(7)60)59-47(70)72-48(8,9)10/h13-15,17,22,25-28,32-35,38-39,51,60H,11-12,16,18-21,23-24H2,1-10H3,(H2,50,61)(H,52,67)(H,53,65)(H,54,62)(H,55,68)(H,56,66)(H,57,64)(H,58,63)(H,59,70)/t27-,28+,32-,33-,34-,35-,38-,39-/m0/s1. The second kappa shape index (κ2) is 29.8. The van der Waals surface area contributed by atoms with E-state index >= 15 is 0 Å². The Morgan fingerprint density at radius 2 is 1.33 bits per heavy atom. The Morgan fingerprint density at radius 1 is 0.722 bits per heavy atom. The zero-order chi connectivity index (χ0) is 54.5. The van der Waals surface area contributed by atoms with Crippen LogP contribution in [0.1, 0.15) is 113 Å². The number of hydrogen-bond donors (Lipinski definition) is 11. The Bertz CT molecular complexity index is 2190. The molecule has 12 N–H and O–H groups in total. The number of fused-ring (bicyclic) bond motifs is 1. The van der Waals surface area contributed by atoms with E-state index in [1.807, 2.05) is 20.8 Å². The van der Waals surface area contributed by atoms with Gasteiger partial charge in [0.05, 0.1) is 12.6 Å². The van der Waals surface area contributed by atoms with Gasteiger partial charge in [0.25, 0.3) is 0 Å². The smallest absolute Gasteiger partial charge is 0.408 e. The van der Waals surface area contributed by atoms with Gasteiger partial charge in [-0.05, 0) is 77.3 Å². The monoisotopic (exact) mass is 1030 g/mol. The van der Waals surface area contributed by atoms with E-state index in [-0.39, 0.29) is 31.6 Å². The quantitative estimate of drug-likeness (QED) is 0.0400. The summed E-state index contributed by atoms with van der Waals surface area (Å²) in [6.07, 6.45) is 0.0490. The highest BCUT2D eigenvalue weighted by Gasteiger charge is 2.35. The van der Waals surface area contributed by atoms with Gasteiger partial charge in [-0.1, -0.05) is 77.3 Å². The average molecular weight is 1040 g/mol. The number of aromatic amines is 1. The zero-order valence-electron chi connectivity index (χ0n) is 42.8. The third-order valence-corrected chi connectivity index (χ3v) is 11.0. The topological polar surface area (TPSA) is 347 Å². The number of aliphatic hydroxyl groups is 1. The number of ether oxygens (including phenoxy) is 2. The minimum Gasteiger partial charge on any atom is -0.448 e. The van der Waals surface area contributed by atoms with Crippen LogP contribution in [-0.2, 0) is 59.0 Å². The summed E-state index contributed by atoms with van der Waals surface area (Å²) in [6.45, 7) is 15.6. The average Bonchev–Trinajstić information content (AvgIpc) is 3.69. The van der Waals surface area contributed by atoms with Gasteiger partial charge in [0.15, 0.2) is 6.07 Å². The number of halogens is 1. The maximum Gasteiger partial charge on any atom is 0.408 e. The Hall–Kier alpha value is -6.49. The molecule has 23 nitrogen and oxygen atoms in total. The lowest BCUT2D eigenvalue weighted by atomic mass is 10.0. The number of unbranched alkanes of at least 4 members (excludes halogenated alkanes) is 1. The molecule has 0 fully saturated rings. The van der Waals surface area contributed by atoms with Gasteiger partial charge in [0.2, 0.25) is 47.3 Å². The first-order valence-corrected chi connectivity index (χ1v) is 24.5. The van der Waals surface area contributed by atoms with Gasteiger partial charge in [-0.25, -0.2) is 9.59 Å². The van der Waals surface area contributed by atoms with E-state index in [2.05, 4.69) is 47.5 Å². The first-order valence-electron chi connectivity index (χ1n) is 24.0. The van der Waals surface area contributed by atoms with Crippen molar-refractivity contribution in [3.8, 4) is 0 Å². The van der Waals surface area contributed by atoms with Crippen LogP contribution in [0.2, 0.25) is 0 Å². The third-order valence-electron chi connectivity index (χ3n) is 10.9. The number of carbonyl (C=O) groups is 10. The molecule has 0 radical (unpaired) electrons. The molecule has 1 heterocycles. The minimum atomic E-state index is -1.62. The molecule has 8 atom stereocenters. The van der Waals surface area contributed by atoms with Crippen LogP contribution in [-0.4, -0.2) is 136 Å². The molecular weight excluding hydrogens is 960 g/mol. The second-order valence-corrected chi connectivity index (χ2v) is 19.5. The van der Waals surface area contributed by atoms with E-state index < -0.39 is 138 Å². The third kappa shape index (κ3) is 21.5. The minimum absolute atomic E-state index is 0.0636. The number of H-pyrrole nitrogens is 1. The number of carbonyl (C=O) groups excluding carboxylic acids is 10. The summed E-state index contributed by atoms with van der Waals surface area (Å²) in [6, 6.07) is -2.46. The van der Waals surface area contributed by atoms with E-state index in [1.54, 1.807) is 65.1 Å². The number of hydrogen-bond acceptors (Lipinski definition) is 13. The van der Waals surface area contributed by atoms with Gasteiger partial charge in [-0.2, -0.15) is 0 Å². The molecule has 24 heteroatoms.